The summed E-state index contributed by atoms with van der Waals surface area (Å²) in [5.41, 5.74) is -0.321. The van der Waals surface area contributed by atoms with Gasteiger partial charge in [0, 0.05) is 0 Å². The van der Waals surface area contributed by atoms with Crippen molar-refractivity contribution >= 4 is 11.9 Å². The number of benzene rings is 1. The molecular weight excluding hydrogens is 244 g/mol. The zero-order chi connectivity index (χ0) is 14.5. The Kier molecular flexibility index (Phi) is 4.71. The van der Waals surface area contributed by atoms with Gasteiger partial charge in [-0.15, -0.1) is 6.42 Å². The van der Waals surface area contributed by atoms with E-state index in [0.717, 1.165) is 0 Å². The molecule has 0 radical (unpaired) electrons. The maximum Gasteiger partial charge on any atom is 0.339 e. The highest BCUT2D eigenvalue weighted by molar-refractivity contribution is 6.03. The van der Waals surface area contributed by atoms with Gasteiger partial charge >= 0.3 is 11.9 Å². The molecular formula is C15H16O4. The van der Waals surface area contributed by atoms with Gasteiger partial charge in [-0.05, 0) is 32.9 Å². The van der Waals surface area contributed by atoms with E-state index < -0.39 is 17.5 Å². The number of esters is 2. The van der Waals surface area contributed by atoms with E-state index in [-0.39, 0.29) is 17.7 Å². The Morgan fingerprint density at radius 3 is 2.16 bits per heavy atom. The summed E-state index contributed by atoms with van der Waals surface area (Å²) in [7, 11) is 0. The second-order valence-corrected chi connectivity index (χ2v) is 4.83. The van der Waals surface area contributed by atoms with Gasteiger partial charge in [0.2, 0.25) is 0 Å². The van der Waals surface area contributed by atoms with Crippen LogP contribution in [0.2, 0.25) is 0 Å². The molecule has 0 unspecified atom stereocenters. The third-order valence-corrected chi connectivity index (χ3v) is 2.05. The maximum atomic E-state index is 12.0. The standard InChI is InChI=1S/C15H16O4/c1-5-10-18-13(16)11-8-6-7-9-12(11)14(17)19-15(2,3)4/h1,6-9H,10H2,2-4H3. The van der Waals surface area contributed by atoms with E-state index in [1.54, 1.807) is 32.9 Å². The highest BCUT2D eigenvalue weighted by atomic mass is 16.6. The Bertz CT molecular complexity index is 518. The van der Waals surface area contributed by atoms with Gasteiger partial charge in [-0.2, -0.15) is 0 Å². The number of terminal acetylenes is 1. The van der Waals surface area contributed by atoms with E-state index in [4.69, 9.17) is 15.9 Å². The SMILES string of the molecule is C#CCOC(=O)c1ccccc1C(=O)OC(C)(C)C. The van der Waals surface area contributed by atoms with Gasteiger partial charge in [0.1, 0.15) is 5.60 Å². The molecule has 0 fully saturated rings. The molecule has 1 aromatic rings. The minimum absolute atomic E-state index is 0.137. The lowest BCUT2D eigenvalue weighted by Crippen LogP contribution is -2.25. The topological polar surface area (TPSA) is 52.6 Å². The number of rotatable bonds is 3. The van der Waals surface area contributed by atoms with Gasteiger partial charge in [0.05, 0.1) is 11.1 Å². The summed E-state index contributed by atoms with van der Waals surface area (Å²) in [6.45, 7) is 5.13. The number of hydrogen-bond acceptors (Lipinski definition) is 4. The summed E-state index contributed by atoms with van der Waals surface area (Å²) >= 11 is 0. The summed E-state index contributed by atoms with van der Waals surface area (Å²) in [4.78, 5) is 23.8. The fourth-order valence-electron chi connectivity index (χ4n) is 1.36. The van der Waals surface area contributed by atoms with Crippen LogP contribution in [0.3, 0.4) is 0 Å². The van der Waals surface area contributed by atoms with Crippen molar-refractivity contribution in [3.8, 4) is 12.3 Å². The molecule has 0 aliphatic carbocycles. The zero-order valence-electron chi connectivity index (χ0n) is 11.2. The smallest absolute Gasteiger partial charge is 0.339 e. The highest BCUT2D eigenvalue weighted by Crippen LogP contribution is 2.16. The van der Waals surface area contributed by atoms with Crippen LogP contribution in [-0.4, -0.2) is 24.1 Å². The predicted molar refractivity (Wildman–Crippen MR) is 70.7 cm³/mol. The van der Waals surface area contributed by atoms with E-state index in [0.29, 0.717) is 0 Å². The molecule has 0 aromatic heterocycles. The van der Waals surface area contributed by atoms with Crippen LogP contribution in [0.5, 0.6) is 0 Å². The summed E-state index contributed by atoms with van der Waals surface area (Å²) in [5, 5.41) is 0. The van der Waals surface area contributed by atoms with Crippen LogP contribution in [0.1, 0.15) is 41.5 Å². The monoisotopic (exact) mass is 260 g/mol. The first kappa shape index (κ1) is 14.8. The summed E-state index contributed by atoms with van der Waals surface area (Å²) in [6, 6.07) is 6.30. The van der Waals surface area contributed by atoms with Crippen LogP contribution in [0.15, 0.2) is 24.3 Å². The first-order valence-corrected chi connectivity index (χ1v) is 5.78. The Hall–Kier alpha value is -2.28. The van der Waals surface area contributed by atoms with Gasteiger partial charge in [-0.1, -0.05) is 18.1 Å². The van der Waals surface area contributed by atoms with Crippen molar-refractivity contribution in [1.82, 2.24) is 0 Å². The minimum atomic E-state index is -0.639. The molecule has 1 aromatic carbocycles. The van der Waals surface area contributed by atoms with Crippen molar-refractivity contribution in [1.29, 1.82) is 0 Å². The second-order valence-electron chi connectivity index (χ2n) is 4.83. The largest absolute Gasteiger partial charge is 0.456 e. The number of carbonyl (C=O) groups is 2. The molecule has 0 bridgehead atoms. The van der Waals surface area contributed by atoms with Crippen LogP contribution in [0.25, 0.3) is 0 Å². The lowest BCUT2D eigenvalue weighted by atomic mass is 10.1. The van der Waals surface area contributed by atoms with Crippen molar-refractivity contribution in [2.45, 2.75) is 26.4 Å². The normalized spacial score (nSPS) is 10.4. The van der Waals surface area contributed by atoms with Crippen LogP contribution < -0.4 is 0 Å². The molecule has 1 rings (SSSR count). The lowest BCUT2D eigenvalue weighted by molar-refractivity contribution is 0.00648. The van der Waals surface area contributed by atoms with E-state index >= 15 is 0 Å². The fraction of sp³-hybridized carbons (Fsp3) is 0.333. The molecule has 0 saturated heterocycles. The number of hydrogen-bond donors (Lipinski definition) is 0. The van der Waals surface area contributed by atoms with E-state index in [1.165, 1.54) is 12.1 Å². The van der Waals surface area contributed by atoms with E-state index in [1.807, 2.05) is 0 Å². The predicted octanol–water partition coefficient (Wildman–Crippen LogP) is 2.43. The minimum Gasteiger partial charge on any atom is -0.456 e. The van der Waals surface area contributed by atoms with Crippen molar-refractivity contribution in [3.63, 3.8) is 0 Å². The van der Waals surface area contributed by atoms with Gasteiger partial charge in [0.15, 0.2) is 6.61 Å². The van der Waals surface area contributed by atoms with Gasteiger partial charge in [0.25, 0.3) is 0 Å². The Morgan fingerprint density at radius 2 is 1.68 bits per heavy atom. The lowest BCUT2D eigenvalue weighted by Gasteiger charge is -2.20. The molecule has 19 heavy (non-hydrogen) atoms. The van der Waals surface area contributed by atoms with Crippen LogP contribution in [0, 0.1) is 12.3 Å². The molecule has 0 amide bonds. The van der Waals surface area contributed by atoms with Gasteiger partial charge in [-0.3, -0.25) is 0 Å². The van der Waals surface area contributed by atoms with Crippen LogP contribution in [-0.2, 0) is 9.47 Å². The van der Waals surface area contributed by atoms with Crippen LogP contribution in [0.4, 0.5) is 0 Å². The molecule has 0 aliphatic heterocycles. The first-order chi connectivity index (χ1) is 8.85. The highest BCUT2D eigenvalue weighted by Gasteiger charge is 2.23. The molecule has 0 spiro atoms. The molecule has 100 valence electrons. The molecule has 0 saturated carbocycles. The molecule has 0 aliphatic rings. The van der Waals surface area contributed by atoms with E-state index in [2.05, 4.69) is 5.92 Å². The second kappa shape index (κ2) is 6.05. The molecule has 0 N–H and O–H groups in total. The third-order valence-electron chi connectivity index (χ3n) is 2.05. The van der Waals surface area contributed by atoms with Crippen molar-refractivity contribution < 1.29 is 19.1 Å². The number of ether oxygens (including phenoxy) is 2. The van der Waals surface area contributed by atoms with Crippen LogP contribution >= 0.6 is 0 Å². The molecule has 4 heteroatoms. The molecule has 0 heterocycles. The fourth-order valence-corrected chi connectivity index (χ4v) is 1.36. The Labute approximate surface area is 112 Å². The first-order valence-electron chi connectivity index (χ1n) is 5.78. The third kappa shape index (κ3) is 4.47. The zero-order valence-corrected chi connectivity index (χ0v) is 11.2. The number of carbonyl (C=O) groups excluding carboxylic acids is 2. The molecule has 4 nitrogen and oxygen atoms in total. The summed E-state index contributed by atoms with van der Waals surface area (Å²) in [6.07, 6.45) is 5.02. The average molecular weight is 260 g/mol. The Balaban J connectivity index is 2.99. The van der Waals surface area contributed by atoms with Crippen molar-refractivity contribution in [3.05, 3.63) is 35.4 Å². The summed E-state index contributed by atoms with van der Waals surface area (Å²) in [5.74, 6) is 0.988. The quantitative estimate of drug-likeness (QED) is 0.618. The van der Waals surface area contributed by atoms with Gasteiger partial charge in [-0.25, -0.2) is 9.59 Å². The Morgan fingerprint density at radius 1 is 1.16 bits per heavy atom. The van der Waals surface area contributed by atoms with Crippen molar-refractivity contribution in [2.75, 3.05) is 6.61 Å². The molecule has 0 atom stereocenters. The summed E-state index contributed by atoms with van der Waals surface area (Å²) < 4.78 is 10.0. The van der Waals surface area contributed by atoms with Gasteiger partial charge < -0.3 is 9.47 Å². The maximum absolute atomic E-state index is 12.0. The van der Waals surface area contributed by atoms with E-state index in [9.17, 15) is 9.59 Å². The van der Waals surface area contributed by atoms with Crippen molar-refractivity contribution in [2.24, 2.45) is 0 Å². The average Bonchev–Trinajstić information content (AvgIpc) is 2.34.